The minimum Gasteiger partial charge on any atom is -0.480 e. The SMILES string of the molecule is NN1CC(=O)N(CC(=O)O)C1=O. The number of hydrogen-bond donors (Lipinski definition) is 2. The molecule has 1 heterocycles. The number of imide groups is 1. The van der Waals surface area contributed by atoms with Gasteiger partial charge in [-0.2, -0.15) is 0 Å². The minimum atomic E-state index is -1.24. The van der Waals surface area contributed by atoms with E-state index in [0.29, 0.717) is 9.91 Å². The average molecular weight is 173 g/mol. The van der Waals surface area contributed by atoms with Gasteiger partial charge in [0.2, 0.25) is 0 Å². The fraction of sp³-hybridized carbons (Fsp3) is 0.400. The molecule has 0 unspecified atom stereocenters. The first-order chi connectivity index (χ1) is 5.52. The Balaban J connectivity index is 2.70. The maximum Gasteiger partial charge on any atom is 0.341 e. The number of nitrogens with zero attached hydrogens (tertiary/aromatic N) is 2. The smallest absolute Gasteiger partial charge is 0.341 e. The van der Waals surface area contributed by atoms with Crippen molar-refractivity contribution in [3.8, 4) is 0 Å². The van der Waals surface area contributed by atoms with Crippen LogP contribution in [0.4, 0.5) is 4.79 Å². The fourth-order valence-electron chi connectivity index (χ4n) is 0.851. The predicted octanol–water partition coefficient (Wildman–Crippen LogP) is -1.79. The first-order valence-corrected chi connectivity index (χ1v) is 3.10. The molecular weight excluding hydrogens is 166 g/mol. The third kappa shape index (κ3) is 1.35. The van der Waals surface area contributed by atoms with E-state index in [-0.39, 0.29) is 6.54 Å². The zero-order chi connectivity index (χ0) is 9.30. The highest BCUT2D eigenvalue weighted by Gasteiger charge is 2.35. The van der Waals surface area contributed by atoms with Crippen LogP contribution in [-0.4, -0.2) is 46.0 Å². The lowest BCUT2D eigenvalue weighted by Crippen LogP contribution is -2.39. The van der Waals surface area contributed by atoms with Gasteiger partial charge >= 0.3 is 12.0 Å². The molecule has 1 saturated heterocycles. The van der Waals surface area contributed by atoms with Crippen LogP contribution in [0.1, 0.15) is 0 Å². The number of nitrogens with two attached hydrogens (primary N) is 1. The molecule has 12 heavy (non-hydrogen) atoms. The molecule has 0 aromatic rings. The molecule has 7 heteroatoms. The molecule has 7 nitrogen and oxygen atoms in total. The van der Waals surface area contributed by atoms with Crippen molar-refractivity contribution >= 4 is 17.9 Å². The van der Waals surface area contributed by atoms with Crippen LogP contribution in [0.25, 0.3) is 0 Å². The zero-order valence-electron chi connectivity index (χ0n) is 6.06. The summed E-state index contributed by atoms with van der Waals surface area (Å²) in [7, 11) is 0. The molecule has 66 valence electrons. The third-order valence-electron chi connectivity index (χ3n) is 1.38. The number of carbonyl (C=O) groups is 3. The molecule has 0 spiro atoms. The van der Waals surface area contributed by atoms with E-state index >= 15 is 0 Å². The number of carbonyl (C=O) groups excluding carboxylic acids is 2. The summed E-state index contributed by atoms with van der Waals surface area (Å²) in [6, 6.07) is -0.776. The van der Waals surface area contributed by atoms with Crippen LogP contribution in [0.5, 0.6) is 0 Å². The largest absolute Gasteiger partial charge is 0.480 e. The average Bonchev–Trinajstić information content (AvgIpc) is 2.16. The van der Waals surface area contributed by atoms with Crippen LogP contribution in [-0.2, 0) is 9.59 Å². The third-order valence-corrected chi connectivity index (χ3v) is 1.38. The number of amides is 3. The molecule has 1 rings (SSSR count). The number of carboxylic acid groups (broad SMARTS) is 1. The van der Waals surface area contributed by atoms with Crippen molar-refractivity contribution in [2.45, 2.75) is 0 Å². The molecule has 0 atom stereocenters. The van der Waals surface area contributed by atoms with Gasteiger partial charge < -0.3 is 5.11 Å². The standard InChI is InChI=1S/C5H7N3O4/c6-8-1-3(9)7(5(8)12)2-4(10)11/h1-2,6H2,(H,10,11). The number of rotatable bonds is 2. The Morgan fingerprint density at radius 3 is 2.50 bits per heavy atom. The highest BCUT2D eigenvalue weighted by atomic mass is 16.4. The lowest BCUT2D eigenvalue weighted by atomic mass is 10.5. The maximum absolute atomic E-state index is 10.9. The van der Waals surface area contributed by atoms with E-state index in [4.69, 9.17) is 10.9 Å². The normalized spacial score (nSPS) is 17.4. The molecule has 0 radical (unpaired) electrons. The van der Waals surface area contributed by atoms with E-state index in [0.717, 1.165) is 0 Å². The van der Waals surface area contributed by atoms with E-state index in [1.165, 1.54) is 0 Å². The van der Waals surface area contributed by atoms with E-state index in [1.807, 2.05) is 0 Å². The number of hydrogen-bond acceptors (Lipinski definition) is 4. The highest BCUT2D eigenvalue weighted by molar-refractivity contribution is 6.03. The summed E-state index contributed by atoms with van der Waals surface area (Å²) in [4.78, 5) is 32.5. The molecule has 0 aromatic heterocycles. The Morgan fingerprint density at radius 2 is 2.17 bits per heavy atom. The molecule has 0 bridgehead atoms. The van der Waals surface area contributed by atoms with E-state index in [9.17, 15) is 14.4 Å². The van der Waals surface area contributed by atoms with Gasteiger partial charge in [0.1, 0.15) is 13.1 Å². The summed E-state index contributed by atoms with van der Waals surface area (Å²) in [5.41, 5.74) is 0. The van der Waals surface area contributed by atoms with Crippen LogP contribution in [0.3, 0.4) is 0 Å². The number of hydrazine groups is 1. The van der Waals surface area contributed by atoms with Crippen LogP contribution in [0.15, 0.2) is 0 Å². The van der Waals surface area contributed by atoms with E-state index < -0.39 is 24.5 Å². The molecule has 0 aliphatic carbocycles. The summed E-state index contributed by atoms with van der Waals surface area (Å²) < 4.78 is 0. The van der Waals surface area contributed by atoms with E-state index in [1.54, 1.807) is 0 Å². The molecule has 3 N–H and O–H groups in total. The highest BCUT2D eigenvalue weighted by Crippen LogP contribution is 2.04. The van der Waals surface area contributed by atoms with Crippen molar-refractivity contribution in [2.24, 2.45) is 5.84 Å². The molecule has 3 amide bonds. The Kier molecular flexibility index (Phi) is 1.96. The predicted molar refractivity (Wildman–Crippen MR) is 35.6 cm³/mol. The first-order valence-electron chi connectivity index (χ1n) is 3.10. The van der Waals surface area contributed by atoms with Gasteiger partial charge in [-0.25, -0.2) is 10.6 Å². The summed E-state index contributed by atoms with van der Waals surface area (Å²) in [6.45, 7) is -0.891. The van der Waals surface area contributed by atoms with Gasteiger partial charge in [0.25, 0.3) is 5.91 Å². The Hall–Kier alpha value is -1.63. The van der Waals surface area contributed by atoms with Gasteiger partial charge in [0, 0.05) is 0 Å². The maximum atomic E-state index is 10.9. The Morgan fingerprint density at radius 1 is 1.58 bits per heavy atom. The lowest BCUT2D eigenvalue weighted by molar-refractivity contribution is -0.141. The topological polar surface area (TPSA) is 104 Å². The summed E-state index contributed by atoms with van der Waals surface area (Å²) in [5.74, 6) is 3.23. The second-order valence-corrected chi connectivity index (χ2v) is 2.28. The van der Waals surface area contributed by atoms with Crippen LogP contribution in [0, 0.1) is 0 Å². The van der Waals surface area contributed by atoms with Crippen LogP contribution in [0.2, 0.25) is 0 Å². The van der Waals surface area contributed by atoms with Gasteiger partial charge in [-0.05, 0) is 0 Å². The molecule has 1 aliphatic rings. The quantitative estimate of drug-likeness (QED) is 0.291. The van der Waals surface area contributed by atoms with E-state index in [2.05, 4.69) is 0 Å². The molecule has 0 aromatic carbocycles. The van der Waals surface area contributed by atoms with Crippen LogP contribution < -0.4 is 5.84 Å². The van der Waals surface area contributed by atoms with Gasteiger partial charge in [-0.3, -0.25) is 19.5 Å². The van der Waals surface area contributed by atoms with Crippen LogP contribution >= 0.6 is 0 Å². The minimum absolute atomic E-state index is 0.258. The molecular formula is C5H7N3O4. The summed E-state index contributed by atoms with van der Waals surface area (Å²) in [5, 5.41) is 8.96. The molecule has 1 aliphatic heterocycles. The zero-order valence-corrected chi connectivity index (χ0v) is 6.06. The van der Waals surface area contributed by atoms with Crippen molar-refractivity contribution in [3.63, 3.8) is 0 Å². The van der Waals surface area contributed by atoms with Gasteiger partial charge in [-0.15, -0.1) is 0 Å². The van der Waals surface area contributed by atoms with Crippen molar-refractivity contribution < 1.29 is 19.5 Å². The second kappa shape index (κ2) is 2.78. The number of urea groups is 1. The monoisotopic (exact) mass is 173 g/mol. The van der Waals surface area contributed by atoms with Gasteiger partial charge in [0.15, 0.2) is 0 Å². The van der Waals surface area contributed by atoms with Crippen molar-refractivity contribution in [3.05, 3.63) is 0 Å². The Labute approximate surface area is 67.3 Å². The summed E-state index contributed by atoms with van der Waals surface area (Å²) in [6.07, 6.45) is 0. The fourth-order valence-corrected chi connectivity index (χ4v) is 0.851. The van der Waals surface area contributed by atoms with Crippen molar-refractivity contribution in [1.29, 1.82) is 0 Å². The van der Waals surface area contributed by atoms with Crippen molar-refractivity contribution in [1.82, 2.24) is 9.91 Å². The van der Waals surface area contributed by atoms with Gasteiger partial charge in [0.05, 0.1) is 0 Å². The lowest BCUT2D eigenvalue weighted by Gasteiger charge is -2.09. The number of aliphatic carboxylic acids is 1. The second-order valence-electron chi connectivity index (χ2n) is 2.28. The summed E-state index contributed by atoms with van der Waals surface area (Å²) >= 11 is 0. The first kappa shape index (κ1) is 8.47. The molecule has 1 fully saturated rings. The number of carboxylic acids is 1. The van der Waals surface area contributed by atoms with Crippen molar-refractivity contribution in [2.75, 3.05) is 13.1 Å². The molecule has 0 saturated carbocycles. The van der Waals surface area contributed by atoms with Gasteiger partial charge in [-0.1, -0.05) is 0 Å². The Bertz CT molecular complexity index is 251.